The summed E-state index contributed by atoms with van der Waals surface area (Å²) in [6, 6.07) is 61.1. The van der Waals surface area contributed by atoms with Crippen molar-refractivity contribution >= 4 is 56.5 Å². The number of hydrogen-bond donors (Lipinski definition) is 0. The van der Waals surface area contributed by atoms with Gasteiger partial charge in [-0.05, 0) is 119 Å². The van der Waals surface area contributed by atoms with E-state index in [2.05, 4.69) is 243 Å². The lowest BCUT2D eigenvalue weighted by molar-refractivity contribution is 0.589. The molecular weight excluding hydrogens is 796 g/mol. The van der Waals surface area contributed by atoms with Gasteiger partial charge in [0.2, 0.25) is 0 Å². The molecule has 0 atom stereocenters. The molecule has 8 aromatic carbocycles. The van der Waals surface area contributed by atoms with Gasteiger partial charge < -0.3 is 9.38 Å². The Hall–Kier alpha value is -6.58. The van der Waals surface area contributed by atoms with Crippen molar-refractivity contribution in [2.45, 2.75) is 97.8 Å². The van der Waals surface area contributed by atoms with E-state index in [1.165, 1.54) is 122 Å². The van der Waals surface area contributed by atoms with Gasteiger partial charge in [-0.1, -0.05) is 204 Å². The Morgan fingerprint density at radius 3 is 1.73 bits per heavy atom. The van der Waals surface area contributed by atoms with E-state index in [4.69, 9.17) is 0 Å². The number of fused-ring (bicyclic) bond motifs is 7. The van der Waals surface area contributed by atoms with Crippen molar-refractivity contribution in [1.29, 1.82) is 0 Å². The molecule has 0 fully saturated rings. The molecule has 1 aliphatic carbocycles. The highest BCUT2D eigenvalue weighted by Crippen LogP contribution is 2.55. The van der Waals surface area contributed by atoms with Gasteiger partial charge in [0.25, 0.3) is 0 Å². The lowest BCUT2D eigenvalue weighted by Crippen LogP contribution is -2.57. The topological polar surface area (TPSA) is 8.17 Å². The first-order valence-electron chi connectivity index (χ1n) is 24.1. The molecule has 324 valence electrons. The van der Waals surface area contributed by atoms with E-state index in [1.54, 1.807) is 0 Å². The van der Waals surface area contributed by atoms with Gasteiger partial charge in [-0.3, -0.25) is 0 Å². The number of aromatic nitrogens is 1. The van der Waals surface area contributed by atoms with E-state index in [1.807, 2.05) is 0 Å². The lowest BCUT2D eigenvalue weighted by Gasteiger charge is -2.44. The predicted molar refractivity (Wildman–Crippen MR) is 285 cm³/mol. The van der Waals surface area contributed by atoms with Crippen LogP contribution in [0.15, 0.2) is 158 Å². The lowest BCUT2D eigenvalue weighted by atomic mass is 9.44. The predicted octanol–water partition coefficient (Wildman–Crippen LogP) is 15.7. The van der Waals surface area contributed by atoms with Crippen LogP contribution in [0.1, 0.15) is 104 Å². The Morgan fingerprint density at radius 2 is 1.06 bits per heavy atom. The van der Waals surface area contributed by atoms with Gasteiger partial charge in [0, 0.05) is 49.9 Å². The van der Waals surface area contributed by atoms with Gasteiger partial charge in [-0.25, -0.2) is 0 Å². The van der Waals surface area contributed by atoms with Crippen LogP contribution in [0, 0.1) is 0 Å². The van der Waals surface area contributed by atoms with Crippen LogP contribution in [0.3, 0.4) is 0 Å². The minimum atomic E-state index is -0.179. The standard InChI is InChI=1S/C63H59BN2/c1-60(2,3)40-29-31-43(32-30-40)65-53-36-42(62(7,8)9)33-47-48-34-41(61(4,5)6)35-49-54(38-21-14-12-15-22-38)57(39-23-16-13-17-24-39)66(58(48)49)64(56(47)53)52-37-46-44-25-18-19-27-50(44)63(10,11)51-28-20-26-45(55(46)51)59(52)65/h12-37H,1-11H3. The van der Waals surface area contributed by atoms with Gasteiger partial charge >= 0.3 is 6.85 Å². The van der Waals surface area contributed by atoms with Crippen molar-refractivity contribution in [2.24, 2.45) is 0 Å². The molecule has 0 bridgehead atoms. The average Bonchev–Trinajstić information content (AvgIpc) is 3.64. The number of rotatable bonds is 3. The third kappa shape index (κ3) is 5.74. The Bertz CT molecular complexity index is 3480. The highest BCUT2D eigenvalue weighted by Gasteiger charge is 2.47. The van der Waals surface area contributed by atoms with Gasteiger partial charge in [-0.15, -0.1) is 0 Å². The third-order valence-electron chi connectivity index (χ3n) is 15.4. The molecule has 0 saturated carbocycles. The van der Waals surface area contributed by atoms with Crippen molar-refractivity contribution in [2.75, 3.05) is 4.90 Å². The second kappa shape index (κ2) is 13.7. The minimum Gasteiger partial charge on any atom is -0.375 e. The van der Waals surface area contributed by atoms with E-state index in [0.29, 0.717) is 0 Å². The zero-order chi connectivity index (χ0) is 45.8. The second-order valence-electron chi connectivity index (χ2n) is 23.0. The molecule has 66 heavy (non-hydrogen) atoms. The number of hydrogen-bond acceptors (Lipinski definition) is 1. The highest BCUT2D eigenvalue weighted by atomic mass is 15.2. The smallest absolute Gasteiger partial charge is 0.333 e. The van der Waals surface area contributed by atoms with E-state index < -0.39 is 0 Å². The number of nitrogens with zero attached hydrogens (tertiary/aromatic N) is 2. The van der Waals surface area contributed by atoms with Gasteiger partial charge in [-0.2, -0.15) is 0 Å². The molecule has 0 radical (unpaired) electrons. The molecule has 2 nitrogen and oxygen atoms in total. The highest BCUT2D eigenvalue weighted by molar-refractivity contribution is 6.90. The zero-order valence-electron chi connectivity index (χ0n) is 40.5. The van der Waals surface area contributed by atoms with Crippen molar-refractivity contribution in [3.63, 3.8) is 0 Å². The van der Waals surface area contributed by atoms with Gasteiger partial charge in [0.1, 0.15) is 0 Å². The normalized spacial score (nSPS) is 14.7. The first kappa shape index (κ1) is 40.9. The summed E-state index contributed by atoms with van der Waals surface area (Å²) in [5.41, 5.74) is 24.6. The maximum absolute atomic E-state index is 2.79. The molecule has 3 heteroatoms. The summed E-state index contributed by atoms with van der Waals surface area (Å²) in [6.45, 7) is 25.9. The van der Waals surface area contributed by atoms with Crippen LogP contribution in [-0.4, -0.2) is 11.3 Å². The first-order chi connectivity index (χ1) is 31.4. The molecule has 12 rings (SSSR count). The quantitative estimate of drug-likeness (QED) is 0.161. The van der Waals surface area contributed by atoms with Crippen molar-refractivity contribution in [1.82, 2.24) is 4.48 Å². The largest absolute Gasteiger partial charge is 0.375 e. The van der Waals surface area contributed by atoms with Crippen LogP contribution in [0.25, 0.3) is 66.3 Å². The van der Waals surface area contributed by atoms with Crippen LogP contribution in [0.4, 0.5) is 17.1 Å². The van der Waals surface area contributed by atoms with Crippen molar-refractivity contribution in [3.8, 4) is 44.6 Å². The molecule has 0 unspecified atom stereocenters. The maximum Gasteiger partial charge on any atom is 0.333 e. The second-order valence-corrected chi connectivity index (χ2v) is 23.0. The fraction of sp³-hybridized carbons (Fsp3) is 0.238. The molecule has 3 heterocycles. The Labute approximate surface area is 392 Å². The summed E-state index contributed by atoms with van der Waals surface area (Å²) >= 11 is 0. The Balaban J connectivity index is 1.33. The summed E-state index contributed by atoms with van der Waals surface area (Å²) in [6.07, 6.45) is 0. The van der Waals surface area contributed by atoms with Crippen molar-refractivity contribution < 1.29 is 0 Å². The molecule has 2 aliphatic heterocycles. The van der Waals surface area contributed by atoms with Crippen LogP contribution in [0.2, 0.25) is 0 Å². The van der Waals surface area contributed by atoms with Crippen LogP contribution in [0.5, 0.6) is 0 Å². The maximum atomic E-state index is 2.79. The van der Waals surface area contributed by atoms with Crippen LogP contribution < -0.4 is 15.8 Å². The van der Waals surface area contributed by atoms with Gasteiger partial charge in [0.15, 0.2) is 0 Å². The Morgan fingerprint density at radius 1 is 0.470 bits per heavy atom. The third-order valence-corrected chi connectivity index (χ3v) is 15.4. The number of anilines is 3. The molecular formula is C63H59BN2. The van der Waals surface area contributed by atoms with E-state index in [9.17, 15) is 0 Å². The minimum absolute atomic E-state index is 0.0276. The van der Waals surface area contributed by atoms with Crippen molar-refractivity contribution in [3.05, 3.63) is 186 Å². The Kier molecular flexibility index (Phi) is 8.51. The molecule has 0 amide bonds. The molecule has 9 aromatic rings. The summed E-state index contributed by atoms with van der Waals surface area (Å²) in [4.78, 5) is 2.67. The van der Waals surface area contributed by atoms with Gasteiger partial charge in [0.05, 0.1) is 5.69 Å². The summed E-state index contributed by atoms with van der Waals surface area (Å²) in [5, 5.41) is 3.98. The van der Waals surface area contributed by atoms with Crippen LogP contribution in [-0.2, 0) is 21.7 Å². The van der Waals surface area contributed by atoms with E-state index in [0.717, 1.165) is 0 Å². The fourth-order valence-corrected chi connectivity index (χ4v) is 11.9. The number of benzene rings is 8. The van der Waals surface area contributed by atoms with E-state index in [-0.39, 0.29) is 28.5 Å². The summed E-state index contributed by atoms with van der Waals surface area (Å²) in [5.74, 6) is 0. The molecule has 0 saturated heterocycles. The molecule has 1 aromatic heterocycles. The molecule has 0 spiro atoms. The average molecular weight is 855 g/mol. The zero-order valence-corrected chi connectivity index (χ0v) is 40.5. The van der Waals surface area contributed by atoms with Crippen LogP contribution >= 0.6 is 0 Å². The fourth-order valence-electron chi connectivity index (χ4n) is 11.9. The summed E-state index contributed by atoms with van der Waals surface area (Å²) < 4.78 is 2.79. The summed E-state index contributed by atoms with van der Waals surface area (Å²) in [7, 11) is 0. The first-order valence-corrected chi connectivity index (χ1v) is 24.1. The van der Waals surface area contributed by atoms with E-state index >= 15 is 0 Å². The molecule has 0 N–H and O–H groups in total. The molecule has 3 aliphatic rings. The SMILES string of the molecule is CC(C)(C)c1ccc(N2c3cc(C(C)(C)C)cc4c3B(c3cc5c6c(cccc6c32)C(C)(C)c2ccccc2-5)n2c(-c3ccccc3)c(-c3ccccc3)c3cc(C(C)(C)C)cc-4c32)cc1. The monoisotopic (exact) mass is 854 g/mol.